The van der Waals surface area contributed by atoms with Crippen LogP contribution in [0.5, 0.6) is 0 Å². The first kappa shape index (κ1) is 30.1. The van der Waals surface area contributed by atoms with Crippen LogP contribution < -0.4 is 5.32 Å². The molecule has 14 heteroatoms. The first-order valence-electron chi connectivity index (χ1n) is 13.3. The Morgan fingerprint density at radius 2 is 1.79 bits per heavy atom. The van der Waals surface area contributed by atoms with E-state index in [2.05, 4.69) is 15.4 Å². The highest BCUT2D eigenvalue weighted by molar-refractivity contribution is 7.82. The molecule has 0 bridgehead atoms. The number of nitrogens with one attached hydrogen (secondary N) is 1. The lowest BCUT2D eigenvalue weighted by molar-refractivity contribution is -0.137. The third kappa shape index (κ3) is 6.21. The molecule has 2 aromatic carbocycles. The monoisotopic (exact) mass is 611 g/mol. The molecule has 4 heterocycles. The van der Waals surface area contributed by atoms with Crippen LogP contribution >= 0.6 is 0 Å². The standard InChI is InChI=1S/C29H26F3N7O2S.H2O/c1-19-6-8-22(9-7-19)39-26(35-28(40)24-18-34-38-13-3-12-33-27(24)38)17-25(36-39)20-10-14-37(15-11-20)42(41)23-5-2-4-21(16-23)29(30,31)32;/h2-9,12-13,16-18,20H,10-11,14-15H2,1H3,(H,35,40);1H2. The number of nitrogens with zero attached hydrogens (tertiary/aromatic N) is 6. The zero-order valence-corrected chi connectivity index (χ0v) is 23.8. The number of aromatic nitrogens is 5. The van der Waals surface area contributed by atoms with Gasteiger partial charge in [0.25, 0.3) is 5.91 Å². The van der Waals surface area contributed by atoms with Crippen molar-refractivity contribution in [2.75, 3.05) is 18.4 Å². The van der Waals surface area contributed by atoms with Gasteiger partial charge in [0, 0.05) is 37.5 Å². The summed E-state index contributed by atoms with van der Waals surface area (Å²) < 4.78 is 57.5. The summed E-state index contributed by atoms with van der Waals surface area (Å²) >= 11 is 0. The van der Waals surface area contributed by atoms with Gasteiger partial charge >= 0.3 is 6.18 Å². The molecule has 43 heavy (non-hydrogen) atoms. The average Bonchev–Trinajstić information content (AvgIpc) is 3.62. The summed E-state index contributed by atoms with van der Waals surface area (Å²) in [4.78, 5) is 17.7. The van der Waals surface area contributed by atoms with Crippen LogP contribution in [0.4, 0.5) is 19.0 Å². The molecular weight excluding hydrogens is 583 g/mol. The number of carbonyl (C=O) groups is 1. The lowest BCUT2D eigenvalue weighted by Crippen LogP contribution is -2.34. The van der Waals surface area contributed by atoms with Crippen LogP contribution in [0.3, 0.4) is 0 Å². The second kappa shape index (κ2) is 12.1. The van der Waals surface area contributed by atoms with Crippen LogP contribution in [0.1, 0.15) is 45.9 Å². The zero-order valence-electron chi connectivity index (χ0n) is 23.0. The van der Waals surface area contributed by atoms with Crippen molar-refractivity contribution >= 4 is 28.4 Å². The summed E-state index contributed by atoms with van der Waals surface area (Å²) in [6.45, 7) is 2.82. The summed E-state index contributed by atoms with van der Waals surface area (Å²) in [5.41, 5.74) is 2.53. The summed E-state index contributed by atoms with van der Waals surface area (Å²) in [6.07, 6.45) is 1.46. The van der Waals surface area contributed by atoms with Gasteiger partial charge in [-0.25, -0.2) is 22.7 Å². The number of anilines is 1. The van der Waals surface area contributed by atoms with Gasteiger partial charge < -0.3 is 10.8 Å². The molecule has 1 fully saturated rings. The minimum atomic E-state index is -4.50. The lowest BCUT2D eigenvalue weighted by Gasteiger charge is -2.30. The van der Waals surface area contributed by atoms with Gasteiger partial charge in [-0.1, -0.05) is 23.8 Å². The number of hydrogen-bond donors (Lipinski definition) is 1. The highest BCUT2D eigenvalue weighted by Gasteiger charge is 2.32. The van der Waals surface area contributed by atoms with Crippen molar-refractivity contribution < 1.29 is 27.7 Å². The minimum Gasteiger partial charge on any atom is -0.412 e. The largest absolute Gasteiger partial charge is 0.416 e. The van der Waals surface area contributed by atoms with Crippen LogP contribution in [0.15, 0.2) is 84.1 Å². The number of halogens is 3. The first-order chi connectivity index (χ1) is 20.2. The molecule has 3 N–H and O–H groups in total. The van der Waals surface area contributed by atoms with Crippen LogP contribution in [0.2, 0.25) is 0 Å². The van der Waals surface area contributed by atoms with E-state index in [-0.39, 0.29) is 22.2 Å². The maximum Gasteiger partial charge on any atom is 0.416 e. The predicted molar refractivity (Wildman–Crippen MR) is 154 cm³/mol. The van der Waals surface area contributed by atoms with E-state index in [0.717, 1.165) is 29.1 Å². The van der Waals surface area contributed by atoms with Gasteiger partial charge in [-0.2, -0.15) is 23.4 Å². The molecule has 1 unspecified atom stereocenters. The number of carbonyl (C=O) groups excluding carboxylic acids is 1. The molecule has 0 aliphatic carbocycles. The number of aryl methyl sites for hydroxylation is 1. The van der Waals surface area contributed by atoms with Crippen molar-refractivity contribution in [3.8, 4) is 5.69 Å². The molecule has 1 aliphatic heterocycles. The average molecular weight is 612 g/mol. The highest BCUT2D eigenvalue weighted by Crippen LogP contribution is 2.34. The van der Waals surface area contributed by atoms with Gasteiger partial charge in [0.1, 0.15) is 22.4 Å². The molecule has 0 saturated carbocycles. The fourth-order valence-electron chi connectivity index (χ4n) is 4.99. The van der Waals surface area contributed by atoms with Crippen LogP contribution in [-0.2, 0) is 17.2 Å². The van der Waals surface area contributed by atoms with Crippen molar-refractivity contribution in [3.63, 3.8) is 0 Å². The molecule has 3 aromatic heterocycles. The third-order valence-corrected chi connectivity index (χ3v) is 8.73. The van der Waals surface area contributed by atoms with Gasteiger partial charge in [-0.3, -0.25) is 4.79 Å². The van der Waals surface area contributed by atoms with E-state index in [4.69, 9.17) is 5.10 Å². The summed E-state index contributed by atoms with van der Waals surface area (Å²) in [5, 5.41) is 12.0. The number of rotatable bonds is 6. The summed E-state index contributed by atoms with van der Waals surface area (Å²) in [6, 6.07) is 16.0. The van der Waals surface area contributed by atoms with E-state index in [1.54, 1.807) is 27.4 Å². The molecule has 10 nitrogen and oxygen atoms in total. The molecule has 224 valence electrons. The Morgan fingerprint density at radius 1 is 1.05 bits per heavy atom. The number of benzene rings is 2. The first-order valence-corrected chi connectivity index (χ1v) is 14.4. The quantitative estimate of drug-likeness (QED) is 0.301. The van der Waals surface area contributed by atoms with Crippen molar-refractivity contribution in [3.05, 3.63) is 102 Å². The van der Waals surface area contributed by atoms with Crippen LogP contribution in [-0.4, -0.2) is 57.4 Å². The Bertz CT molecular complexity index is 1780. The normalized spacial score (nSPS) is 15.3. The van der Waals surface area contributed by atoms with E-state index in [0.29, 0.717) is 43.0 Å². The van der Waals surface area contributed by atoms with Crippen LogP contribution in [0.25, 0.3) is 11.3 Å². The molecule has 0 radical (unpaired) electrons. The minimum absolute atomic E-state index is 0. The summed E-state index contributed by atoms with van der Waals surface area (Å²) in [5.74, 6) is 0.0969. The number of amides is 1. The number of hydrogen-bond acceptors (Lipinski definition) is 5. The van der Waals surface area contributed by atoms with Gasteiger partial charge in [-0.05, 0) is 56.2 Å². The van der Waals surface area contributed by atoms with E-state index >= 15 is 0 Å². The number of alkyl halides is 3. The number of fused-ring (bicyclic) bond motifs is 1. The zero-order chi connectivity index (χ0) is 29.4. The maximum atomic E-state index is 13.3. The van der Waals surface area contributed by atoms with Crippen molar-refractivity contribution in [1.82, 2.24) is 28.7 Å². The molecule has 0 spiro atoms. The Hall–Kier alpha value is -4.40. The van der Waals surface area contributed by atoms with Crippen LogP contribution in [0, 0.1) is 6.92 Å². The fourth-order valence-corrected chi connectivity index (χ4v) is 6.25. The van der Waals surface area contributed by atoms with E-state index < -0.39 is 22.7 Å². The van der Waals surface area contributed by atoms with Crippen molar-refractivity contribution in [1.29, 1.82) is 0 Å². The molecule has 1 aliphatic rings. The smallest absolute Gasteiger partial charge is 0.412 e. The van der Waals surface area contributed by atoms with Gasteiger partial charge in [0.05, 0.1) is 28.0 Å². The molecular formula is C29H28F3N7O3S. The maximum absolute atomic E-state index is 13.3. The van der Waals surface area contributed by atoms with Crippen molar-refractivity contribution in [2.24, 2.45) is 0 Å². The Morgan fingerprint density at radius 3 is 2.51 bits per heavy atom. The topological polar surface area (TPSA) is 129 Å². The SMILES string of the molecule is Cc1ccc(-n2nc(C3CCN(S(=O)c4cccc(C(F)(F)F)c4)CC3)cc2NC(=O)c2cnn3cccnc23)cc1.O. The Labute approximate surface area is 247 Å². The van der Waals surface area contributed by atoms with E-state index in [1.165, 1.54) is 22.8 Å². The number of piperidine rings is 1. The Kier molecular flexibility index (Phi) is 8.44. The fraction of sp³-hybridized carbons (Fsp3) is 0.241. The second-order valence-corrected chi connectivity index (χ2v) is 11.6. The molecule has 1 amide bonds. The molecule has 1 saturated heterocycles. The third-order valence-electron chi connectivity index (χ3n) is 7.24. The highest BCUT2D eigenvalue weighted by atomic mass is 32.2. The lowest BCUT2D eigenvalue weighted by atomic mass is 9.95. The second-order valence-electron chi connectivity index (χ2n) is 10.1. The van der Waals surface area contributed by atoms with Gasteiger partial charge in [0.15, 0.2) is 5.65 Å². The molecule has 5 aromatic rings. The Balaban J connectivity index is 0.00000368. The van der Waals surface area contributed by atoms with Gasteiger partial charge in [0.2, 0.25) is 0 Å². The predicted octanol–water partition coefficient (Wildman–Crippen LogP) is 4.57. The van der Waals surface area contributed by atoms with E-state index in [1.807, 2.05) is 37.3 Å². The van der Waals surface area contributed by atoms with E-state index in [9.17, 15) is 22.2 Å². The summed E-state index contributed by atoms with van der Waals surface area (Å²) in [7, 11) is -1.72. The van der Waals surface area contributed by atoms with Gasteiger partial charge in [-0.15, -0.1) is 0 Å². The molecule has 1 atom stereocenters. The van der Waals surface area contributed by atoms with Crippen molar-refractivity contribution in [2.45, 2.75) is 36.8 Å². The molecule has 6 rings (SSSR count).